The Kier molecular flexibility index (Phi) is 5.22. The van der Waals surface area contributed by atoms with E-state index in [1.165, 1.54) is 0 Å². The highest BCUT2D eigenvalue weighted by atomic mass is 79.9. The summed E-state index contributed by atoms with van der Waals surface area (Å²) in [7, 11) is 0. The average molecular weight is 355 g/mol. The fraction of sp³-hybridized carbons (Fsp3) is 0.250. The fourth-order valence-electron chi connectivity index (χ4n) is 2.29. The van der Waals surface area contributed by atoms with Gasteiger partial charge in [-0.15, -0.1) is 0 Å². The molecule has 2 aromatic carbocycles. The number of aliphatic hydroxyl groups is 1. The number of hydrogen-bond donors (Lipinski definition) is 2. The van der Waals surface area contributed by atoms with Crippen molar-refractivity contribution >= 4 is 27.5 Å². The number of aryl methyl sites for hydroxylation is 1. The SMILES string of the molecule is Cc1ccc(C(O)C(CN)c2ccccc2Br)c(Cl)c1. The average Bonchev–Trinajstić information content (AvgIpc) is 2.41. The number of aliphatic hydroxyl groups excluding tert-OH is 1. The second kappa shape index (κ2) is 6.72. The molecule has 0 heterocycles. The summed E-state index contributed by atoms with van der Waals surface area (Å²) >= 11 is 9.75. The summed E-state index contributed by atoms with van der Waals surface area (Å²) in [6.45, 7) is 2.31. The monoisotopic (exact) mass is 353 g/mol. The van der Waals surface area contributed by atoms with Crippen LogP contribution in [0.2, 0.25) is 5.02 Å². The van der Waals surface area contributed by atoms with Gasteiger partial charge in [0.2, 0.25) is 0 Å². The molecule has 0 aliphatic heterocycles. The zero-order chi connectivity index (χ0) is 14.7. The van der Waals surface area contributed by atoms with Crippen molar-refractivity contribution in [1.82, 2.24) is 0 Å². The number of nitrogens with two attached hydrogens (primary N) is 1. The molecule has 0 amide bonds. The van der Waals surface area contributed by atoms with Crippen molar-refractivity contribution in [3.05, 3.63) is 68.7 Å². The molecule has 0 saturated carbocycles. The van der Waals surface area contributed by atoms with Gasteiger partial charge < -0.3 is 10.8 Å². The van der Waals surface area contributed by atoms with E-state index >= 15 is 0 Å². The highest BCUT2D eigenvalue weighted by molar-refractivity contribution is 9.10. The quantitative estimate of drug-likeness (QED) is 0.865. The molecule has 3 N–H and O–H groups in total. The predicted octanol–water partition coefficient (Wildman–Crippen LogP) is 4.19. The molecule has 2 rings (SSSR count). The highest BCUT2D eigenvalue weighted by Crippen LogP contribution is 2.37. The minimum Gasteiger partial charge on any atom is -0.388 e. The van der Waals surface area contributed by atoms with Gasteiger partial charge in [0.25, 0.3) is 0 Å². The Balaban J connectivity index is 2.39. The van der Waals surface area contributed by atoms with Gasteiger partial charge in [0, 0.05) is 22.0 Å². The smallest absolute Gasteiger partial charge is 0.0885 e. The maximum absolute atomic E-state index is 10.6. The van der Waals surface area contributed by atoms with Gasteiger partial charge in [-0.3, -0.25) is 0 Å². The molecule has 2 unspecified atom stereocenters. The van der Waals surface area contributed by atoms with E-state index in [1.807, 2.05) is 49.4 Å². The Hall–Kier alpha value is -0.870. The summed E-state index contributed by atoms with van der Waals surface area (Å²) < 4.78 is 0.942. The van der Waals surface area contributed by atoms with Crippen LogP contribution < -0.4 is 5.73 Å². The first kappa shape index (κ1) is 15.5. The van der Waals surface area contributed by atoms with E-state index < -0.39 is 6.10 Å². The molecule has 0 fully saturated rings. The zero-order valence-corrected chi connectivity index (χ0v) is 13.5. The van der Waals surface area contributed by atoms with Gasteiger partial charge in [-0.1, -0.05) is 57.9 Å². The first-order valence-electron chi connectivity index (χ1n) is 6.43. The first-order chi connectivity index (χ1) is 9.54. The normalized spacial score (nSPS) is 14.1. The molecule has 0 aromatic heterocycles. The minimum absolute atomic E-state index is 0.203. The van der Waals surface area contributed by atoms with Gasteiger partial charge in [0.05, 0.1) is 6.10 Å². The Bertz CT molecular complexity index is 603. The summed E-state index contributed by atoms with van der Waals surface area (Å²) in [5.74, 6) is -0.203. The predicted molar refractivity (Wildman–Crippen MR) is 87.1 cm³/mol. The second-order valence-electron chi connectivity index (χ2n) is 4.83. The second-order valence-corrected chi connectivity index (χ2v) is 6.10. The van der Waals surface area contributed by atoms with Crippen LogP contribution >= 0.6 is 27.5 Å². The largest absolute Gasteiger partial charge is 0.388 e. The van der Waals surface area contributed by atoms with Crippen LogP contribution in [-0.2, 0) is 0 Å². The number of rotatable bonds is 4. The van der Waals surface area contributed by atoms with Crippen LogP contribution in [0.4, 0.5) is 0 Å². The third-order valence-electron chi connectivity index (χ3n) is 3.41. The van der Waals surface area contributed by atoms with Crippen molar-refractivity contribution < 1.29 is 5.11 Å². The molecule has 0 aliphatic rings. The van der Waals surface area contributed by atoms with Crippen molar-refractivity contribution in [2.75, 3.05) is 6.54 Å². The summed E-state index contributed by atoms with van der Waals surface area (Å²) in [4.78, 5) is 0. The van der Waals surface area contributed by atoms with E-state index in [0.717, 1.165) is 15.6 Å². The molecule has 20 heavy (non-hydrogen) atoms. The Morgan fingerprint density at radius 3 is 2.50 bits per heavy atom. The fourth-order valence-corrected chi connectivity index (χ4v) is 3.22. The molecule has 0 saturated heterocycles. The van der Waals surface area contributed by atoms with Gasteiger partial charge in [-0.25, -0.2) is 0 Å². The van der Waals surface area contributed by atoms with Crippen LogP contribution in [0.15, 0.2) is 46.9 Å². The van der Waals surface area contributed by atoms with E-state index in [2.05, 4.69) is 15.9 Å². The Labute approximate surface area is 132 Å². The van der Waals surface area contributed by atoms with Crippen LogP contribution in [0.3, 0.4) is 0 Å². The van der Waals surface area contributed by atoms with Crippen LogP contribution in [-0.4, -0.2) is 11.7 Å². The van der Waals surface area contributed by atoms with E-state index in [4.69, 9.17) is 17.3 Å². The van der Waals surface area contributed by atoms with Crippen LogP contribution in [0, 0.1) is 6.92 Å². The van der Waals surface area contributed by atoms with Crippen LogP contribution in [0.1, 0.15) is 28.7 Å². The Morgan fingerprint density at radius 2 is 1.90 bits per heavy atom. The molecule has 0 radical (unpaired) electrons. The Morgan fingerprint density at radius 1 is 1.20 bits per heavy atom. The number of benzene rings is 2. The molecule has 2 atom stereocenters. The van der Waals surface area contributed by atoms with E-state index in [9.17, 15) is 5.11 Å². The lowest BCUT2D eigenvalue weighted by Gasteiger charge is -2.24. The summed E-state index contributed by atoms with van der Waals surface area (Å²) in [6.07, 6.45) is -0.730. The van der Waals surface area contributed by atoms with Gasteiger partial charge in [-0.05, 0) is 35.7 Å². The molecular formula is C16H17BrClNO. The third kappa shape index (κ3) is 3.23. The van der Waals surface area contributed by atoms with Gasteiger partial charge in [0.1, 0.15) is 0 Å². The minimum atomic E-state index is -0.730. The maximum atomic E-state index is 10.6. The van der Waals surface area contributed by atoms with Crippen molar-refractivity contribution in [2.24, 2.45) is 5.73 Å². The topological polar surface area (TPSA) is 46.2 Å². The molecular weight excluding hydrogens is 338 g/mol. The number of hydrogen-bond acceptors (Lipinski definition) is 2. The van der Waals surface area contributed by atoms with E-state index in [0.29, 0.717) is 17.1 Å². The maximum Gasteiger partial charge on any atom is 0.0885 e. The van der Waals surface area contributed by atoms with Crippen molar-refractivity contribution in [3.8, 4) is 0 Å². The van der Waals surface area contributed by atoms with Crippen molar-refractivity contribution in [3.63, 3.8) is 0 Å². The first-order valence-corrected chi connectivity index (χ1v) is 7.60. The molecule has 4 heteroatoms. The lowest BCUT2D eigenvalue weighted by molar-refractivity contribution is 0.147. The van der Waals surface area contributed by atoms with Crippen LogP contribution in [0.25, 0.3) is 0 Å². The van der Waals surface area contributed by atoms with Crippen molar-refractivity contribution in [1.29, 1.82) is 0 Å². The van der Waals surface area contributed by atoms with Gasteiger partial charge in [0.15, 0.2) is 0 Å². The highest BCUT2D eigenvalue weighted by Gasteiger charge is 2.24. The van der Waals surface area contributed by atoms with E-state index in [-0.39, 0.29) is 5.92 Å². The summed E-state index contributed by atoms with van der Waals surface area (Å²) in [5, 5.41) is 11.2. The molecule has 0 aliphatic carbocycles. The summed E-state index contributed by atoms with van der Waals surface area (Å²) in [5.41, 5.74) is 8.63. The zero-order valence-electron chi connectivity index (χ0n) is 11.2. The lowest BCUT2D eigenvalue weighted by Crippen LogP contribution is -2.20. The third-order valence-corrected chi connectivity index (χ3v) is 4.46. The van der Waals surface area contributed by atoms with Crippen LogP contribution in [0.5, 0.6) is 0 Å². The molecule has 0 bridgehead atoms. The molecule has 0 spiro atoms. The summed E-state index contributed by atoms with van der Waals surface area (Å²) in [6, 6.07) is 13.4. The van der Waals surface area contributed by atoms with Gasteiger partial charge in [-0.2, -0.15) is 0 Å². The van der Waals surface area contributed by atoms with Gasteiger partial charge >= 0.3 is 0 Å². The molecule has 2 nitrogen and oxygen atoms in total. The molecule has 2 aromatic rings. The molecule has 106 valence electrons. The van der Waals surface area contributed by atoms with Crippen molar-refractivity contribution in [2.45, 2.75) is 18.9 Å². The standard InChI is InChI=1S/C16H17BrClNO/c1-10-6-7-12(15(18)8-10)16(20)13(9-19)11-4-2-3-5-14(11)17/h2-8,13,16,20H,9,19H2,1H3. The number of halogens is 2. The van der Waals surface area contributed by atoms with E-state index in [1.54, 1.807) is 0 Å². The lowest BCUT2D eigenvalue weighted by atomic mass is 9.89.